The van der Waals surface area contributed by atoms with Crippen LogP contribution in [-0.2, 0) is 4.79 Å². The molecule has 110 valence electrons. The number of carbonyl (C=O) groups is 1. The maximum Gasteiger partial charge on any atom is 0.234 e. The quantitative estimate of drug-likeness (QED) is 0.636. The Balaban J connectivity index is 1.97. The summed E-state index contributed by atoms with van der Waals surface area (Å²) in [5.74, 6) is -0.593. The molecule has 0 aromatic heterocycles. The number of nitrogens with one attached hydrogen (secondary N) is 1. The van der Waals surface area contributed by atoms with Crippen molar-refractivity contribution in [1.82, 2.24) is 0 Å². The van der Waals surface area contributed by atoms with Gasteiger partial charge in [-0.1, -0.05) is 23.2 Å². The number of benzene rings is 2. The fourth-order valence-corrected chi connectivity index (χ4v) is 2.81. The van der Waals surface area contributed by atoms with Crippen LogP contribution in [0.15, 0.2) is 41.3 Å². The van der Waals surface area contributed by atoms with E-state index in [1.165, 1.54) is 23.9 Å². The lowest BCUT2D eigenvalue weighted by molar-refractivity contribution is -0.113. The van der Waals surface area contributed by atoms with Crippen molar-refractivity contribution in [1.29, 1.82) is 0 Å². The molecule has 21 heavy (non-hydrogen) atoms. The summed E-state index contributed by atoms with van der Waals surface area (Å²) in [4.78, 5) is 12.6. The molecule has 1 amide bonds. The van der Waals surface area contributed by atoms with Crippen LogP contribution in [0.25, 0.3) is 0 Å². The van der Waals surface area contributed by atoms with Crippen LogP contribution >= 0.6 is 35.0 Å². The van der Waals surface area contributed by atoms with Gasteiger partial charge in [0.15, 0.2) is 0 Å². The lowest BCUT2D eigenvalue weighted by Gasteiger charge is -2.08. The van der Waals surface area contributed by atoms with Crippen molar-refractivity contribution in [2.45, 2.75) is 4.90 Å². The number of nitrogens with two attached hydrogens (primary N) is 1. The van der Waals surface area contributed by atoms with Gasteiger partial charge in [-0.3, -0.25) is 4.79 Å². The zero-order chi connectivity index (χ0) is 15.4. The number of hydrogen-bond acceptors (Lipinski definition) is 3. The van der Waals surface area contributed by atoms with Gasteiger partial charge in [0, 0.05) is 15.6 Å². The second-order valence-electron chi connectivity index (χ2n) is 4.14. The van der Waals surface area contributed by atoms with Gasteiger partial charge in [-0.05, 0) is 36.4 Å². The lowest BCUT2D eigenvalue weighted by Crippen LogP contribution is -2.14. The Kier molecular flexibility index (Phi) is 5.33. The number of halogens is 3. The summed E-state index contributed by atoms with van der Waals surface area (Å²) < 4.78 is 12.9. The Morgan fingerprint density at radius 3 is 2.71 bits per heavy atom. The van der Waals surface area contributed by atoms with E-state index < -0.39 is 5.82 Å². The first-order valence-electron chi connectivity index (χ1n) is 5.88. The van der Waals surface area contributed by atoms with Crippen LogP contribution in [0.5, 0.6) is 0 Å². The third kappa shape index (κ3) is 4.52. The van der Waals surface area contributed by atoms with E-state index in [1.54, 1.807) is 18.2 Å². The van der Waals surface area contributed by atoms with Crippen molar-refractivity contribution in [3.8, 4) is 0 Å². The van der Waals surface area contributed by atoms with Crippen LogP contribution in [0.3, 0.4) is 0 Å². The molecule has 0 aliphatic heterocycles. The second kappa shape index (κ2) is 7.02. The van der Waals surface area contributed by atoms with Crippen LogP contribution in [0, 0.1) is 5.82 Å². The van der Waals surface area contributed by atoms with Gasteiger partial charge in [-0.25, -0.2) is 4.39 Å². The minimum absolute atomic E-state index is 0.137. The molecule has 0 aliphatic rings. The number of hydrogen-bond donors (Lipinski definition) is 2. The van der Waals surface area contributed by atoms with E-state index >= 15 is 0 Å². The molecule has 0 heterocycles. The largest absolute Gasteiger partial charge is 0.398 e. The second-order valence-corrected chi connectivity index (χ2v) is 6.00. The van der Waals surface area contributed by atoms with Crippen LogP contribution in [0.2, 0.25) is 10.0 Å². The van der Waals surface area contributed by atoms with Gasteiger partial charge in [0.25, 0.3) is 0 Å². The summed E-state index contributed by atoms with van der Waals surface area (Å²) in [5.41, 5.74) is 6.71. The normalized spacial score (nSPS) is 10.4. The molecule has 2 aromatic rings. The monoisotopic (exact) mass is 344 g/mol. The Labute approximate surface area is 135 Å². The Morgan fingerprint density at radius 2 is 2.00 bits per heavy atom. The summed E-state index contributed by atoms with van der Waals surface area (Å²) >= 11 is 13.0. The molecule has 0 saturated carbocycles. The molecule has 0 fully saturated rings. The smallest absolute Gasteiger partial charge is 0.234 e. The van der Waals surface area contributed by atoms with Gasteiger partial charge in [0.05, 0.1) is 16.5 Å². The molecule has 0 saturated heterocycles. The molecule has 7 heteroatoms. The van der Waals surface area contributed by atoms with Crippen molar-refractivity contribution in [2.24, 2.45) is 0 Å². The maximum absolute atomic E-state index is 12.9. The van der Waals surface area contributed by atoms with E-state index in [0.29, 0.717) is 16.4 Å². The molecular formula is C14H11Cl2FN2OS. The first-order valence-corrected chi connectivity index (χ1v) is 7.62. The molecule has 0 aliphatic carbocycles. The molecule has 3 N–H and O–H groups in total. The van der Waals surface area contributed by atoms with Gasteiger partial charge in [-0.15, -0.1) is 11.8 Å². The highest BCUT2D eigenvalue weighted by Crippen LogP contribution is 2.28. The third-order valence-electron chi connectivity index (χ3n) is 2.54. The van der Waals surface area contributed by atoms with Crippen molar-refractivity contribution in [3.05, 3.63) is 52.3 Å². The van der Waals surface area contributed by atoms with Crippen molar-refractivity contribution in [2.75, 3.05) is 16.8 Å². The minimum Gasteiger partial charge on any atom is -0.398 e. The minimum atomic E-state index is -0.459. The zero-order valence-electron chi connectivity index (χ0n) is 10.7. The summed E-state index contributed by atoms with van der Waals surface area (Å²) in [5, 5.41) is 3.31. The number of rotatable bonds is 4. The first-order chi connectivity index (χ1) is 9.95. The number of nitrogen functional groups attached to an aromatic ring is 1. The van der Waals surface area contributed by atoms with Crippen LogP contribution < -0.4 is 11.1 Å². The third-order valence-corrected chi connectivity index (χ3v) is 4.16. The van der Waals surface area contributed by atoms with Crippen LogP contribution in [0.1, 0.15) is 0 Å². The Morgan fingerprint density at radius 1 is 1.24 bits per heavy atom. The molecule has 0 spiro atoms. The first kappa shape index (κ1) is 15.9. The summed E-state index contributed by atoms with van der Waals surface area (Å²) in [6.07, 6.45) is 0. The number of carbonyl (C=O) groups excluding carboxylic acids is 1. The molecular weight excluding hydrogens is 334 g/mol. The number of amides is 1. The van der Waals surface area contributed by atoms with Crippen LogP contribution in [0.4, 0.5) is 15.8 Å². The fourth-order valence-electron chi connectivity index (χ4n) is 1.55. The van der Waals surface area contributed by atoms with Gasteiger partial charge in [0.1, 0.15) is 5.82 Å². The predicted octanol–water partition coefficient (Wildman–Crippen LogP) is 4.45. The van der Waals surface area contributed by atoms with E-state index in [1.807, 2.05) is 0 Å². The average molecular weight is 345 g/mol. The lowest BCUT2D eigenvalue weighted by atomic mass is 10.3. The van der Waals surface area contributed by atoms with E-state index in [4.69, 9.17) is 28.9 Å². The van der Waals surface area contributed by atoms with Gasteiger partial charge in [0.2, 0.25) is 5.91 Å². The van der Waals surface area contributed by atoms with Crippen molar-refractivity contribution < 1.29 is 9.18 Å². The van der Waals surface area contributed by atoms with Crippen molar-refractivity contribution in [3.63, 3.8) is 0 Å². The molecule has 3 nitrogen and oxygen atoms in total. The Hall–Kier alpha value is -1.43. The highest BCUT2D eigenvalue weighted by atomic mass is 35.5. The van der Waals surface area contributed by atoms with E-state index in [0.717, 1.165) is 11.0 Å². The SMILES string of the molecule is Nc1ccc(Cl)cc1SCC(=O)Nc1ccc(F)cc1Cl. The standard InChI is InChI=1S/C14H11Cl2FN2OS/c15-8-1-3-11(18)13(5-8)21-7-14(20)19-12-4-2-9(17)6-10(12)16/h1-6H,7,18H2,(H,19,20). The van der Waals surface area contributed by atoms with Gasteiger partial charge < -0.3 is 11.1 Å². The van der Waals surface area contributed by atoms with Gasteiger partial charge >= 0.3 is 0 Å². The predicted molar refractivity (Wildman–Crippen MR) is 86.6 cm³/mol. The summed E-state index contributed by atoms with van der Waals surface area (Å²) in [6, 6.07) is 8.83. The highest BCUT2D eigenvalue weighted by Gasteiger charge is 2.09. The summed E-state index contributed by atoms with van der Waals surface area (Å²) in [6.45, 7) is 0. The molecule has 0 unspecified atom stereocenters. The number of anilines is 2. The maximum atomic E-state index is 12.9. The molecule has 0 bridgehead atoms. The zero-order valence-corrected chi connectivity index (χ0v) is 13.0. The fraction of sp³-hybridized carbons (Fsp3) is 0.0714. The van der Waals surface area contributed by atoms with E-state index in [2.05, 4.69) is 5.32 Å². The number of thioether (sulfide) groups is 1. The van der Waals surface area contributed by atoms with E-state index in [-0.39, 0.29) is 16.7 Å². The molecule has 0 radical (unpaired) electrons. The van der Waals surface area contributed by atoms with Crippen LogP contribution in [-0.4, -0.2) is 11.7 Å². The average Bonchev–Trinajstić information content (AvgIpc) is 2.43. The topological polar surface area (TPSA) is 55.1 Å². The summed E-state index contributed by atoms with van der Waals surface area (Å²) in [7, 11) is 0. The van der Waals surface area contributed by atoms with Gasteiger partial charge in [-0.2, -0.15) is 0 Å². The highest BCUT2D eigenvalue weighted by molar-refractivity contribution is 8.00. The molecule has 0 atom stereocenters. The Bertz CT molecular complexity index is 682. The van der Waals surface area contributed by atoms with Crippen molar-refractivity contribution >= 4 is 52.2 Å². The van der Waals surface area contributed by atoms with E-state index in [9.17, 15) is 9.18 Å². The molecule has 2 rings (SSSR count). The molecule has 2 aromatic carbocycles.